The quantitative estimate of drug-likeness (QED) is 0.650. The number of nitrogen functional groups attached to an aromatic ring is 1. The maximum Gasteiger partial charge on any atom is 0.244 e. The van der Waals surface area contributed by atoms with Crippen molar-refractivity contribution in [2.75, 3.05) is 18.6 Å². The minimum absolute atomic E-state index is 0.0958. The molecule has 1 aliphatic heterocycles. The van der Waals surface area contributed by atoms with Crippen LogP contribution in [0.4, 0.5) is 5.69 Å². The van der Waals surface area contributed by atoms with E-state index in [1.165, 1.54) is 4.31 Å². The van der Waals surface area contributed by atoms with Crippen LogP contribution in [0.25, 0.3) is 0 Å². The number of rotatable bonds is 3. The van der Waals surface area contributed by atoms with Crippen molar-refractivity contribution in [2.24, 2.45) is 5.84 Å². The first-order valence-corrected chi connectivity index (χ1v) is 8.42. The van der Waals surface area contributed by atoms with Crippen LogP contribution >= 0.6 is 0 Å². The maximum atomic E-state index is 13.0. The second kappa shape index (κ2) is 5.92. The predicted molar refractivity (Wildman–Crippen MR) is 82.5 cm³/mol. The molecule has 3 N–H and O–H groups in total. The van der Waals surface area contributed by atoms with Crippen LogP contribution < -0.4 is 11.3 Å². The fourth-order valence-electron chi connectivity index (χ4n) is 2.77. The Morgan fingerprint density at radius 2 is 1.86 bits per heavy atom. The van der Waals surface area contributed by atoms with Gasteiger partial charge in [-0.05, 0) is 51.0 Å². The van der Waals surface area contributed by atoms with Gasteiger partial charge in [-0.3, -0.25) is 5.84 Å². The molecule has 0 aliphatic carbocycles. The standard InChI is InChI=1S/C14H23N3O3S/c1-9-5-13(16-15)6-10(2)14(9)21(18,19)17-7-12(4)20-8-11(17)3/h5-6,11-12,16H,7-8,15H2,1-4H3. The first-order chi connectivity index (χ1) is 9.77. The fraction of sp³-hybridized carbons (Fsp3) is 0.571. The lowest BCUT2D eigenvalue weighted by atomic mass is 10.1. The molecular weight excluding hydrogens is 290 g/mol. The van der Waals surface area contributed by atoms with E-state index in [4.69, 9.17) is 10.6 Å². The number of hydrogen-bond acceptors (Lipinski definition) is 5. The second-order valence-electron chi connectivity index (χ2n) is 5.65. The molecule has 1 heterocycles. The van der Waals surface area contributed by atoms with Gasteiger partial charge in [0, 0.05) is 18.3 Å². The number of sulfonamides is 1. The van der Waals surface area contributed by atoms with E-state index in [-0.39, 0.29) is 12.1 Å². The molecule has 0 spiro atoms. The zero-order valence-corrected chi connectivity index (χ0v) is 13.7. The summed E-state index contributed by atoms with van der Waals surface area (Å²) in [5.74, 6) is 5.40. The molecule has 2 unspecified atom stereocenters. The van der Waals surface area contributed by atoms with Gasteiger partial charge >= 0.3 is 0 Å². The highest BCUT2D eigenvalue weighted by atomic mass is 32.2. The van der Waals surface area contributed by atoms with Gasteiger partial charge in [0.1, 0.15) is 0 Å². The summed E-state index contributed by atoms with van der Waals surface area (Å²) in [5.41, 5.74) is 4.63. The number of benzene rings is 1. The van der Waals surface area contributed by atoms with Crippen molar-refractivity contribution in [3.63, 3.8) is 0 Å². The average Bonchev–Trinajstić information content (AvgIpc) is 2.40. The van der Waals surface area contributed by atoms with Crippen LogP contribution in [0, 0.1) is 13.8 Å². The summed E-state index contributed by atoms with van der Waals surface area (Å²) >= 11 is 0. The molecule has 0 bridgehead atoms. The van der Waals surface area contributed by atoms with Gasteiger partial charge in [0.15, 0.2) is 0 Å². The van der Waals surface area contributed by atoms with Crippen LogP contribution in [0.1, 0.15) is 25.0 Å². The number of nitrogens with two attached hydrogens (primary N) is 1. The number of hydrazine groups is 1. The van der Waals surface area contributed by atoms with E-state index in [0.29, 0.717) is 34.9 Å². The van der Waals surface area contributed by atoms with Gasteiger partial charge in [-0.1, -0.05) is 0 Å². The molecule has 0 aromatic heterocycles. The SMILES string of the molecule is Cc1cc(NN)cc(C)c1S(=O)(=O)N1CC(C)OCC1C. The van der Waals surface area contributed by atoms with Crippen molar-refractivity contribution in [1.29, 1.82) is 0 Å². The summed E-state index contributed by atoms with van der Waals surface area (Å²) in [6.07, 6.45) is -0.0958. The van der Waals surface area contributed by atoms with E-state index in [0.717, 1.165) is 0 Å². The molecule has 2 rings (SSSR count). The van der Waals surface area contributed by atoms with Crippen molar-refractivity contribution in [3.8, 4) is 0 Å². The van der Waals surface area contributed by atoms with Crippen molar-refractivity contribution < 1.29 is 13.2 Å². The van der Waals surface area contributed by atoms with Gasteiger partial charge in [0.2, 0.25) is 10.0 Å². The third-order valence-corrected chi connectivity index (χ3v) is 6.03. The second-order valence-corrected chi connectivity index (χ2v) is 7.48. The number of morpholine rings is 1. The number of anilines is 1. The highest BCUT2D eigenvalue weighted by Crippen LogP contribution is 2.29. The first-order valence-electron chi connectivity index (χ1n) is 6.98. The Kier molecular flexibility index (Phi) is 4.57. The molecule has 1 saturated heterocycles. The van der Waals surface area contributed by atoms with Gasteiger partial charge in [-0.15, -0.1) is 0 Å². The maximum absolute atomic E-state index is 13.0. The van der Waals surface area contributed by atoms with E-state index in [1.807, 2.05) is 13.8 Å². The Morgan fingerprint density at radius 3 is 2.38 bits per heavy atom. The third-order valence-electron chi connectivity index (χ3n) is 3.74. The smallest absolute Gasteiger partial charge is 0.244 e. The highest BCUT2D eigenvalue weighted by Gasteiger charge is 2.35. The van der Waals surface area contributed by atoms with Crippen LogP contribution in [-0.4, -0.2) is 38.0 Å². The molecule has 1 aliphatic rings. The summed E-state index contributed by atoms with van der Waals surface area (Å²) in [7, 11) is -3.55. The molecule has 0 amide bonds. The third kappa shape index (κ3) is 3.06. The van der Waals surface area contributed by atoms with Gasteiger partial charge in [-0.25, -0.2) is 8.42 Å². The Morgan fingerprint density at radius 1 is 1.29 bits per heavy atom. The van der Waals surface area contributed by atoms with Crippen molar-refractivity contribution in [2.45, 2.75) is 44.7 Å². The topological polar surface area (TPSA) is 84.7 Å². The molecule has 0 saturated carbocycles. The van der Waals surface area contributed by atoms with Gasteiger partial charge < -0.3 is 10.2 Å². The van der Waals surface area contributed by atoms with E-state index < -0.39 is 10.0 Å². The molecule has 1 fully saturated rings. The lowest BCUT2D eigenvalue weighted by Crippen LogP contribution is -2.50. The number of nitrogens with one attached hydrogen (secondary N) is 1. The van der Waals surface area contributed by atoms with Gasteiger partial charge in [0.05, 0.1) is 17.6 Å². The van der Waals surface area contributed by atoms with Crippen molar-refractivity contribution in [3.05, 3.63) is 23.3 Å². The Balaban J connectivity index is 2.49. The largest absolute Gasteiger partial charge is 0.375 e. The fourth-order valence-corrected chi connectivity index (χ4v) is 4.87. The minimum Gasteiger partial charge on any atom is -0.375 e. The summed E-state index contributed by atoms with van der Waals surface area (Å²) < 4.78 is 33.1. The number of nitrogens with zero attached hydrogens (tertiary/aromatic N) is 1. The van der Waals surface area contributed by atoms with Crippen LogP contribution in [0.2, 0.25) is 0 Å². The Labute approximate surface area is 126 Å². The summed E-state index contributed by atoms with van der Waals surface area (Å²) in [6, 6.07) is 3.32. The molecule has 6 nitrogen and oxygen atoms in total. The lowest BCUT2D eigenvalue weighted by molar-refractivity contribution is -0.0170. The average molecular weight is 313 g/mol. The molecule has 21 heavy (non-hydrogen) atoms. The van der Waals surface area contributed by atoms with Crippen molar-refractivity contribution >= 4 is 15.7 Å². The number of aryl methyl sites for hydroxylation is 2. The molecule has 1 aromatic rings. The van der Waals surface area contributed by atoms with Crippen LogP contribution in [0.3, 0.4) is 0 Å². The molecular formula is C14H23N3O3S. The van der Waals surface area contributed by atoms with Gasteiger partial charge in [-0.2, -0.15) is 4.31 Å². The van der Waals surface area contributed by atoms with E-state index in [2.05, 4.69) is 5.43 Å². The molecule has 7 heteroatoms. The zero-order valence-electron chi connectivity index (χ0n) is 12.9. The minimum atomic E-state index is -3.55. The number of ether oxygens (including phenoxy) is 1. The Hall–Kier alpha value is -1.15. The lowest BCUT2D eigenvalue weighted by Gasteiger charge is -2.36. The molecule has 0 radical (unpaired) electrons. The highest BCUT2D eigenvalue weighted by molar-refractivity contribution is 7.89. The first kappa shape index (κ1) is 16.2. The van der Waals surface area contributed by atoms with E-state index >= 15 is 0 Å². The summed E-state index contributed by atoms with van der Waals surface area (Å²) in [6.45, 7) is 8.12. The van der Waals surface area contributed by atoms with E-state index in [9.17, 15) is 8.42 Å². The zero-order chi connectivity index (χ0) is 15.8. The molecule has 118 valence electrons. The summed E-state index contributed by atoms with van der Waals surface area (Å²) in [4.78, 5) is 0.363. The van der Waals surface area contributed by atoms with Crippen molar-refractivity contribution in [1.82, 2.24) is 4.31 Å². The van der Waals surface area contributed by atoms with E-state index in [1.54, 1.807) is 26.0 Å². The molecule has 1 aromatic carbocycles. The molecule has 2 atom stereocenters. The van der Waals surface area contributed by atoms with Crippen LogP contribution in [-0.2, 0) is 14.8 Å². The predicted octanol–water partition coefficient (Wildman–Crippen LogP) is 1.39. The monoisotopic (exact) mass is 313 g/mol. The normalized spacial score (nSPS) is 24.0. The van der Waals surface area contributed by atoms with Crippen LogP contribution in [0.15, 0.2) is 17.0 Å². The van der Waals surface area contributed by atoms with Crippen LogP contribution in [0.5, 0.6) is 0 Å². The summed E-state index contributed by atoms with van der Waals surface area (Å²) in [5, 5.41) is 0. The van der Waals surface area contributed by atoms with Gasteiger partial charge in [0.25, 0.3) is 0 Å². The number of hydrogen-bond donors (Lipinski definition) is 2. The Bertz CT molecular complexity index is 607.